The molecule has 0 saturated heterocycles. The summed E-state index contributed by atoms with van der Waals surface area (Å²) in [6, 6.07) is 8.29. The maximum atomic E-state index is 5.22. The van der Waals surface area contributed by atoms with E-state index in [0.717, 1.165) is 35.4 Å². The molecule has 0 saturated carbocycles. The molecule has 1 atom stereocenters. The zero-order valence-corrected chi connectivity index (χ0v) is 20.9. The number of guanidine groups is 1. The highest BCUT2D eigenvalue weighted by Crippen LogP contribution is 2.24. The van der Waals surface area contributed by atoms with Crippen LogP contribution in [-0.4, -0.2) is 31.6 Å². The smallest absolute Gasteiger partial charge is 0.191 e. The number of nitrogens with one attached hydrogen (secondary N) is 2. The highest BCUT2D eigenvalue weighted by atomic mass is 127. The van der Waals surface area contributed by atoms with Gasteiger partial charge < -0.3 is 15.4 Å². The SMILES string of the molecule is CN=C(NCCC(C)c1ccc(OC)cc1)NCc1nc(C(C)(C)C)cs1.I. The quantitative estimate of drug-likeness (QED) is 0.312. The summed E-state index contributed by atoms with van der Waals surface area (Å²) in [6.45, 7) is 10.3. The predicted molar refractivity (Wildman–Crippen MR) is 130 cm³/mol. The number of hydrogen-bond acceptors (Lipinski definition) is 4. The number of halogens is 1. The second-order valence-electron chi connectivity index (χ2n) is 7.69. The van der Waals surface area contributed by atoms with E-state index in [9.17, 15) is 0 Å². The fraction of sp³-hybridized carbons (Fsp3) is 0.524. The average molecular weight is 516 g/mol. The molecule has 0 radical (unpaired) electrons. The summed E-state index contributed by atoms with van der Waals surface area (Å²) in [7, 11) is 3.49. The summed E-state index contributed by atoms with van der Waals surface area (Å²) in [5, 5.41) is 9.96. The van der Waals surface area contributed by atoms with Crippen LogP contribution in [0.15, 0.2) is 34.6 Å². The van der Waals surface area contributed by atoms with Crippen LogP contribution in [0.5, 0.6) is 5.75 Å². The number of benzene rings is 1. The number of rotatable bonds is 7. The number of aliphatic imine (C=N–C) groups is 1. The highest BCUT2D eigenvalue weighted by molar-refractivity contribution is 14.0. The fourth-order valence-electron chi connectivity index (χ4n) is 2.62. The van der Waals surface area contributed by atoms with Crippen molar-refractivity contribution in [3.63, 3.8) is 0 Å². The number of hydrogen-bond donors (Lipinski definition) is 2. The van der Waals surface area contributed by atoms with Gasteiger partial charge in [0.05, 0.1) is 19.3 Å². The highest BCUT2D eigenvalue weighted by Gasteiger charge is 2.17. The minimum atomic E-state index is 0. The van der Waals surface area contributed by atoms with Crippen LogP contribution in [-0.2, 0) is 12.0 Å². The van der Waals surface area contributed by atoms with Gasteiger partial charge in [-0.15, -0.1) is 35.3 Å². The number of nitrogens with zero attached hydrogens (tertiary/aromatic N) is 2. The third-order valence-corrected chi connectivity index (χ3v) is 5.35. The zero-order valence-electron chi connectivity index (χ0n) is 17.7. The van der Waals surface area contributed by atoms with Crippen molar-refractivity contribution < 1.29 is 4.74 Å². The van der Waals surface area contributed by atoms with Crippen LogP contribution in [0.2, 0.25) is 0 Å². The van der Waals surface area contributed by atoms with E-state index >= 15 is 0 Å². The zero-order chi connectivity index (χ0) is 19.9. The first-order valence-electron chi connectivity index (χ1n) is 9.37. The Labute approximate surface area is 190 Å². The molecule has 156 valence electrons. The van der Waals surface area contributed by atoms with Crippen molar-refractivity contribution in [2.75, 3.05) is 20.7 Å². The molecule has 0 aliphatic carbocycles. The summed E-state index contributed by atoms with van der Waals surface area (Å²) in [6.07, 6.45) is 1.03. The van der Waals surface area contributed by atoms with Gasteiger partial charge in [0.1, 0.15) is 10.8 Å². The number of ether oxygens (including phenoxy) is 1. The van der Waals surface area contributed by atoms with Gasteiger partial charge in [-0.05, 0) is 30.0 Å². The van der Waals surface area contributed by atoms with Crippen LogP contribution in [0.1, 0.15) is 56.3 Å². The third kappa shape index (κ3) is 7.58. The first kappa shape index (κ1) is 24.7. The van der Waals surface area contributed by atoms with Gasteiger partial charge in [0.25, 0.3) is 0 Å². The average Bonchev–Trinajstić information content (AvgIpc) is 3.14. The van der Waals surface area contributed by atoms with Crippen LogP contribution in [0, 0.1) is 0 Å². The molecule has 7 heteroatoms. The van der Waals surface area contributed by atoms with Gasteiger partial charge in [-0.2, -0.15) is 0 Å². The van der Waals surface area contributed by atoms with Gasteiger partial charge in [0.2, 0.25) is 0 Å². The molecule has 5 nitrogen and oxygen atoms in total. The Balaban J connectivity index is 0.00000392. The molecule has 0 fully saturated rings. The van der Waals surface area contributed by atoms with Crippen LogP contribution < -0.4 is 15.4 Å². The minimum Gasteiger partial charge on any atom is -0.497 e. The lowest BCUT2D eigenvalue weighted by atomic mass is 9.93. The third-order valence-electron chi connectivity index (χ3n) is 4.51. The largest absolute Gasteiger partial charge is 0.497 e. The predicted octanol–water partition coefficient (Wildman–Crippen LogP) is 4.93. The van der Waals surface area contributed by atoms with Crippen molar-refractivity contribution in [2.24, 2.45) is 4.99 Å². The summed E-state index contributed by atoms with van der Waals surface area (Å²) < 4.78 is 5.22. The van der Waals surface area contributed by atoms with Crippen LogP contribution >= 0.6 is 35.3 Å². The van der Waals surface area contributed by atoms with Crippen molar-refractivity contribution in [2.45, 2.75) is 52.0 Å². The van der Waals surface area contributed by atoms with Crippen LogP contribution in [0.25, 0.3) is 0 Å². The van der Waals surface area contributed by atoms with Gasteiger partial charge in [-0.1, -0.05) is 39.8 Å². The van der Waals surface area contributed by atoms with Crippen molar-refractivity contribution in [1.29, 1.82) is 0 Å². The van der Waals surface area contributed by atoms with Gasteiger partial charge >= 0.3 is 0 Å². The van der Waals surface area contributed by atoms with Crippen molar-refractivity contribution >= 4 is 41.3 Å². The first-order valence-corrected chi connectivity index (χ1v) is 10.2. The lowest BCUT2D eigenvalue weighted by Gasteiger charge is -2.15. The van der Waals surface area contributed by atoms with E-state index in [-0.39, 0.29) is 29.4 Å². The molecule has 2 aromatic rings. The first-order chi connectivity index (χ1) is 12.8. The Morgan fingerprint density at radius 2 is 1.89 bits per heavy atom. The van der Waals surface area contributed by atoms with Crippen molar-refractivity contribution in [3.05, 3.63) is 45.9 Å². The van der Waals surface area contributed by atoms with Gasteiger partial charge in [0.15, 0.2) is 5.96 Å². The van der Waals surface area contributed by atoms with Gasteiger partial charge in [-0.3, -0.25) is 4.99 Å². The van der Waals surface area contributed by atoms with E-state index in [2.05, 4.69) is 60.8 Å². The minimum absolute atomic E-state index is 0. The Hall–Kier alpha value is -1.35. The lowest BCUT2D eigenvalue weighted by Crippen LogP contribution is -2.37. The molecule has 1 unspecified atom stereocenters. The van der Waals surface area contributed by atoms with Crippen molar-refractivity contribution in [3.8, 4) is 5.75 Å². The van der Waals surface area contributed by atoms with E-state index in [0.29, 0.717) is 12.5 Å². The molecule has 2 rings (SSSR count). The molecule has 1 heterocycles. The number of aromatic nitrogens is 1. The number of methoxy groups -OCH3 is 1. The summed E-state index contributed by atoms with van der Waals surface area (Å²) >= 11 is 1.69. The summed E-state index contributed by atoms with van der Waals surface area (Å²) in [4.78, 5) is 9.02. The Morgan fingerprint density at radius 3 is 2.43 bits per heavy atom. The van der Waals surface area contributed by atoms with E-state index in [1.165, 1.54) is 5.56 Å². The normalized spacial score (nSPS) is 12.9. The maximum absolute atomic E-state index is 5.22. The maximum Gasteiger partial charge on any atom is 0.191 e. The molecule has 2 N–H and O–H groups in total. The van der Waals surface area contributed by atoms with Crippen molar-refractivity contribution in [1.82, 2.24) is 15.6 Å². The Morgan fingerprint density at radius 1 is 1.21 bits per heavy atom. The van der Waals surface area contributed by atoms with E-state index in [4.69, 9.17) is 9.72 Å². The van der Waals surface area contributed by atoms with E-state index in [1.54, 1.807) is 25.5 Å². The molecule has 28 heavy (non-hydrogen) atoms. The molecule has 0 bridgehead atoms. The second kappa shape index (κ2) is 11.6. The van der Waals surface area contributed by atoms with Gasteiger partial charge in [0, 0.05) is 24.4 Å². The topological polar surface area (TPSA) is 58.5 Å². The van der Waals surface area contributed by atoms with Crippen LogP contribution in [0.4, 0.5) is 0 Å². The Kier molecular flexibility index (Phi) is 10.2. The van der Waals surface area contributed by atoms with Gasteiger partial charge in [-0.25, -0.2) is 4.98 Å². The second-order valence-corrected chi connectivity index (χ2v) is 8.63. The molecule has 0 spiro atoms. The number of thiazole rings is 1. The molecule has 1 aromatic carbocycles. The molecule has 0 aliphatic rings. The summed E-state index contributed by atoms with van der Waals surface area (Å²) in [5.74, 6) is 2.17. The molecule has 1 aromatic heterocycles. The Bertz CT molecular complexity index is 738. The van der Waals surface area contributed by atoms with Crippen LogP contribution in [0.3, 0.4) is 0 Å². The molecular weight excluding hydrogens is 483 g/mol. The summed E-state index contributed by atoms with van der Waals surface area (Å²) in [5.41, 5.74) is 2.55. The fourth-order valence-corrected chi connectivity index (χ4v) is 3.58. The molecule has 0 amide bonds. The standard InChI is InChI=1S/C21H32N4OS.HI/c1-15(16-7-9-17(26-6)10-8-16)11-12-23-20(22-5)24-13-19-25-18(14-27-19)21(2,3)4;/h7-10,14-15H,11-13H2,1-6H3,(H2,22,23,24);1H. The lowest BCUT2D eigenvalue weighted by molar-refractivity contribution is 0.414. The molecule has 0 aliphatic heterocycles. The monoisotopic (exact) mass is 516 g/mol. The van der Waals surface area contributed by atoms with E-state index in [1.807, 2.05) is 12.1 Å². The van der Waals surface area contributed by atoms with E-state index < -0.39 is 0 Å². The molecular formula is C21H33IN4OS.